The van der Waals surface area contributed by atoms with Crippen LogP contribution in [0, 0.1) is 11.6 Å². The van der Waals surface area contributed by atoms with E-state index in [1.54, 1.807) is 6.07 Å². The van der Waals surface area contributed by atoms with Crippen molar-refractivity contribution in [1.82, 2.24) is 29.4 Å². The Balaban J connectivity index is 1.28. The molecule has 0 saturated carbocycles. The van der Waals surface area contributed by atoms with E-state index in [0.717, 1.165) is 63.2 Å². The molecule has 0 radical (unpaired) electrons. The van der Waals surface area contributed by atoms with Gasteiger partial charge in [0.05, 0.1) is 23.6 Å². The lowest BCUT2D eigenvalue weighted by atomic mass is 10.1. The summed E-state index contributed by atoms with van der Waals surface area (Å²) in [4.78, 5) is 22.0. The average Bonchev–Trinajstić information content (AvgIpc) is 3.27. The third kappa shape index (κ3) is 4.15. The second-order valence-electron chi connectivity index (χ2n) is 9.67. The molecule has 3 aromatic heterocycles. The van der Waals surface area contributed by atoms with E-state index in [1.807, 2.05) is 18.3 Å². The van der Waals surface area contributed by atoms with Crippen LogP contribution in [-0.2, 0) is 6.42 Å². The molecular formula is C26H28F2N8. The van der Waals surface area contributed by atoms with Crippen LogP contribution in [0.1, 0.15) is 31.6 Å². The number of likely N-dealkylation sites (N-methyl/N-ethyl adjacent to an activating group) is 1. The SMILES string of the molecule is CC1CCCc2nc3c(F)cc(-c4nc(Nc5ccc(N6CCN(C)CC6)cn5)ncc4F)cc3n21. The van der Waals surface area contributed by atoms with Crippen LogP contribution in [-0.4, -0.2) is 62.6 Å². The molecule has 0 amide bonds. The fourth-order valence-electron chi connectivity index (χ4n) is 5.15. The monoisotopic (exact) mass is 490 g/mol. The van der Waals surface area contributed by atoms with E-state index >= 15 is 4.39 Å². The average molecular weight is 491 g/mol. The minimum Gasteiger partial charge on any atom is -0.368 e. The normalized spacial score (nSPS) is 18.4. The minimum absolute atomic E-state index is 0.0290. The number of fused-ring (bicyclic) bond motifs is 3. The first-order valence-electron chi connectivity index (χ1n) is 12.4. The van der Waals surface area contributed by atoms with E-state index in [9.17, 15) is 4.39 Å². The number of aromatic nitrogens is 5. The largest absolute Gasteiger partial charge is 0.368 e. The highest BCUT2D eigenvalue weighted by molar-refractivity contribution is 5.83. The number of anilines is 3. The van der Waals surface area contributed by atoms with Crippen LogP contribution in [0.15, 0.2) is 36.7 Å². The van der Waals surface area contributed by atoms with Crippen LogP contribution in [0.4, 0.5) is 26.2 Å². The summed E-state index contributed by atoms with van der Waals surface area (Å²) in [7, 11) is 2.12. The predicted octanol–water partition coefficient (Wildman–Crippen LogP) is 4.56. The number of benzene rings is 1. The summed E-state index contributed by atoms with van der Waals surface area (Å²) < 4.78 is 32.0. The zero-order chi connectivity index (χ0) is 24.8. The van der Waals surface area contributed by atoms with Gasteiger partial charge in [-0.15, -0.1) is 0 Å². The second-order valence-corrected chi connectivity index (χ2v) is 9.67. The van der Waals surface area contributed by atoms with E-state index < -0.39 is 11.6 Å². The predicted molar refractivity (Wildman–Crippen MR) is 136 cm³/mol. The van der Waals surface area contributed by atoms with Gasteiger partial charge >= 0.3 is 0 Å². The van der Waals surface area contributed by atoms with E-state index in [0.29, 0.717) is 22.4 Å². The highest BCUT2D eigenvalue weighted by Crippen LogP contribution is 2.34. The van der Waals surface area contributed by atoms with Crippen LogP contribution in [0.3, 0.4) is 0 Å². The van der Waals surface area contributed by atoms with E-state index in [1.165, 1.54) is 6.07 Å². The molecule has 186 valence electrons. The fourth-order valence-corrected chi connectivity index (χ4v) is 5.15. The Kier molecular flexibility index (Phi) is 5.75. The third-order valence-electron chi connectivity index (χ3n) is 7.16. The van der Waals surface area contributed by atoms with Gasteiger partial charge in [0.2, 0.25) is 5.95 Å². The molecular weight excluding hydrogens is 462 g/mol. The molecule has 1 fully saturated rings. The topological polar surface area (TPSA) is 75.0 Å². The number of nitrogens with zero attached hydrogens (tertiary/aromatic N) is 7. The van der Waals surface area contributed by atoms with Crippen molar-refractivity contribution in [2.45, 2.75) is 32.2 Å². The van der Waals surface area contributed by atoms with Crippen molar-refractivity contribution >= 4 is 28.5 Å². The zero-order valence-electron chi connectivity index (χ0n) is 20.4. The molecule has 8 nitrogen and oxygen atoms in total. The van der Waals surface area contributed by atoms with Gasteiger partial charge in [0.15, 0.2) is 11.6 Å². The molecule has 1 unspecified atom stereocenters. The fraction of sp³-hybridized carbons (Fsp3) is 0.385. The van der Waals surface area contributed by atoms with E-state index in [-0.39, 0.29) is 17.7 Å². The smallest absolute Gasteiger partial charge is 0.229 e. The first-order chi connectivity index (χ1) is 17.5. The molecule has 2 aliphatic heterocycles. The summed E-state index contributed by atoms with van der Waals surface area (Å²) in [5, 5.41) is 3.04. The van der Waals surface area contributed by atoms with Crippen molar-refractivity contribution < 1.29 is 8.78 Å². The maximum atomic E-state index is 15.1. The van der Waals surface area contributed by atoms with Crippen LogP contribution >= 0.6 is 0 Å². The molecule has 2 aliphatic rings. The number of halogens is 2. The van der Waals surface area contributed by atoms with Gasteiger partial charge in [-0.3, -0.25) is 0 Å². The second kappa shape index (κ2) is 9.09. The number of hydrogen-bond acceptors (Lipinski definition) is 7. The van der Waals surface area contributed by atoms with E-state index in [4.69, 9.17) is 0 Å². The number of imidazole rings is 1. The molecule has 0 aliphatic carbocycles. The van der Waals surface area contributed by atoms with Gasteiger partial charge in [0.25, 0.3) is 0 Å². The third-order valence-corrected chi connectivity index (χ3v) is 7.16. The van der Waals surface area contributed by atoms with Crippen LogP contribution < -0.4 is 10.2 Å². The number of aryl methyl sites for hydroxylation is 1. The quantitative estimate of drug-likeness (QED) is 0.450. The highest BCUT2D eigenvalue weighted by atomic mass is 19.1. The first kappa shape index (κ1) is 22.8. The molecule has 1 N–H and O–H groups in total. The number of hydrogen-bond donors (Lipinski definition) is 1. The van der Waals surface area contributed by atoms with Gasteiger partial charge in [-0.05, 0) is 51.1 Å². The molecule has 1 atom stereocenters. The zero-order valence-corrected chi connectivity index (χ0v) is 20.4. The number of pyridine rings is 1. The lowest BCUT2D eigenvalue weighted by Gasteiger charge is -2.33. The molecule has 5 heterocycles. The van der Waals surface area contributed by atoms with Crippen molar-refractivity contribution in [3.05, 3.63) is 54.1 Å². The standard InChI is InChI=1S/C26H28F2N8/c1-16-4-3-5-23-32-25-19(27)12-17(13-21(25)36(16)23)24-20(28)15-30-26(33-24)31-22-7-6-18(14-29-22)35-10-8-34(2)9-11-35/h6-7,12-16H,3-5,8-11H2,1-2H3,(H,29,30,31,33). The van der Waals surface area contributed by atoms with Gasteiger partial charge in [0, 0.05) is 44.2 Å². The molecule has 10 heteroatoms. The Morgan fingerprint density at radius 1 is 0.972 bits per heavy atom. The molecule has 36 heavy (non-hydrogen) atoms. The summed E-state index contributed by atoms with van der Waals surface area (Å²) in [6.07, 6.45) is 5.75. The van der Waals surface area contributed by atoms with Crippen molar-refractivity contribution in [2.24, 2.45) is 0 Å². The van der Waals surface area contributed by atoms with Gasteiger partial charge in [0.1, 0.15) is 22.9 Å². The summed E-state index contributed by atoms with van der Waals surface area (Å²) in [6, 6.07) is 7.13. The van der Waals surface area contributed by atoms with Crippen LogP contribution in [0.25, 0.3) is 22.3 Å². The molecule has 1 aromatic carbocycles. The summed E-state index contributed by atoms with van der Waals surface area (Å²) in [5.74, 6) is 0.506. The van der Waals surface area contributed by atoms with Crippen LogP contribution in [0.2, 0.25) is 0 Å². The Labute approximate surface area is 208 Å². The molecule has 4 aromatic rings. The van der Waals surface area contributed by atoms with Gasteiger partial charge in [-0.2, -0.15) is 0 Å². The molecule has 0 spiro atoms. The Bertz CT molecular complexity index is 1410. The molecule has 6 rings (SSSR count). The summed E-state index contributed by atoms with van der Waals surface area (Å²) >= 11 is 0. The molecule has 0 bridgehead atoms. The van der Waals surface area contributed by atoms with Crippen molar-refractivity contribution in [3.8, 4) is 11.3 Å². The number of nitrogens with one attached hydrogen (secondary N) is 1. The number of piperazine rings is 1. The summed E-state index contributed by atoms with van der Waals surface area (Å²) in [5.41, 5.74) is 2.42. The van der Waals surface area contributed by atoms with E-state index in [2.05, 4.69) is 53.6 Å². The Morgan fingerprint density at radius 2 is 1.81 bits per heavy atom. The Morgan fingerprint density at radius 3 is 2.58 bits per heavy atom. The van der Waals surface area contributed by atoms with Gasteiger partial charge in [-0.1, -0.05) is 0 Å². The lowest BCUT2D eigenvalue weighted by Crippen LogP contribution is -2.44. The van der Waals surface area contributed by atoms with Crippen LogP contribution in [0.5, 0.6) is 0 Å². The maximum Gasteiger partial charge on any atom is 0.229 e. The van der Waals surface area contributed by atoms with Crippen molar-refractivity contribution in [2.75, 3.05) is 43.4 Å². The maximum absolute atomic E-state index is 15.1. The van der Waals surface area contributed by atoms with Crippen molar-refractivity contribution in [3.63, 3.8) is 0 Å². The van der Waals surface area contributed by atoms with Crippen molar-refractivity contribution in [1.29, 1.82) is 0 Å². The first-order valence-corrected chi connectivity index (χ1v) is 12.4. The van der Waals surface area contributed by atoms with Gasteiger partial charge < -0.3 is 19.7 Å². The number of rotatable bonds is 4. The van der Waals surface area contributed by atoms with Gasteiger partial charge in [-0.25, -0.2) is 28.7 Å². The Hall–Kier alpha value is -3.66. The summed E-state index contributed by atoms with van der Waals surface area (Å²) in [6.45, 7) is 6.04. The highest BCUT2D eigenvalue weighted by Gasteiger charge is 2.23. The molecule has 1 saturated heterocycles. The lowest BCUT2D eigenvalue weighted by molar-refractivity contribution is 0.313. The minimum atomic E-state index is -0.621.